The van der Waals surface area contributed by atoms with E-state index in [0.717, 1.165) is 6.42 Å². The highest BCUT2D eigenvalue weighted by molar-refractivity contribution is 5.85. The molecule has 0 aromatic rings. The smallest absolute Gasteiger partial charge is 0.373 e. The summed E-state index contributed by atoms with van der Waals surface area (Å²) in [5.74, 6) is -0.549. The normalized spacial score (nSPS) is 10.1. The van der Waals surface area contributed by atoms with E-state index in [9.17, 15) is 4.79 Å². The predicted molar refractivity (Wildman–Crippen MR) is 65.1 cm³/mol. The van der Waals surface area contributed by atoms with Gasteiger partial charge in [0.05, 0.1) is 39.6 Å². The van der Waals surface area contributed by atoms with Crippen LogP contribution in [0.25, 0.3) is 0 Å². The van der Waals surface area contributed by atoms with E-state index in [1.807, 2.05) is 6.92 Å². The van der Waals surface area contributed by atoms with Crippen LogP contribution in [0.3, 0.4) is 0 Å². The molecule has 18 heavy (non-hydrogen) atoms. The van der Waals surface area contributed by atoms with E-state index in [1.54, 1.807) is 0 Å². The molecule has 0 heterocycles. The average molecular weight is 262 g/mol. The van der Waals surface area contributed by atoms with Crippen LogP contribution in [-0.2, 0) is 23.7 Å². The molecule has 0 spiro atoms. The van der Waals surface area contributed by atoms with Crippen LogP contribution in [0.15, 0.2) is 12.3 Å². The SMILES string of the molecule is C=C(OCCC)C(=O)OCCOCCOCCO. The third-order valence-corrected chi connectivity index (χ3v) is 1.78. The van der Waals surface area contributed by atoms with E-state index < -0.39 is 5.97 Å². The second-order valence-electron chi connectivity index (χ2n) is 3.36. The van der Waals surface area contributed by atoms with E-state index in [4.69, 9.17) is 24.1 Å². The Morgan fingerprint density at radius 2 is 1.61 bits per heavy atom. The maximum absolute atomic E-state index is 11.3. The van der Waals surface area contributed by atoms with Crippen molar-refractivity contribution in [3.8, 4) is 0 Å². The minimum absolute atomic E-state index is 0.00250. The zero-order valence-corrected chi connectivity index (χ0v) is 10.9. The van der Waals surface area contributed by atoms with Crippen molar-refractivity contribution >= 4 is 5.97 Å². The summed E-state index contributed by atoms with van der Waals surface area (Å²) >= 11 is 0. The molecule has 0 atom stereocenters. The zero-order chi connectivity index (χ0) is 13.6. The quantitative estimate of drug-likeness (QED) is 0.239. The molecular weight excluding hydrogens is 240 g/mol. The molecular formula is C12H22O6. The number of hydrogen-bond donors (Lipinski definition) is 1. The summed E-state index contributed by atoms with van der Waals surface area (Å²) in [4.78, 5) is 11.3. The highest BCUT2D eigenvalue weighted by Gasteiger charge is 2.08. The highest BCUT2D eigenvalue weighted by Crippen LogP contribution is 1.98. The molecule has 0 saturated carbocycles. The van der Waals surface area contributed by atoms with Gasteiger partial charge in [0.1, 0.15) is 6.61 Å². The van der Waals surface area contributed by atoms with Gasteiger partial charge in [-0.1, -0.05) is 6.92 Å². The molecule has 0 amide bonds. The number of aliphatic hydroxyl groups excluding tert-OH is 1. The van der Waals surface area contributed by atoms with Crippen molar-refractivity contribution in [3.63, 3.8) is 0 Å². The minimum Gasteiger partial charge on any atom is -0.487 e. The number of carbonyl (C=O) groups excluding carboxylic acids is 1. The zero-order valence-electron chi connectivity index (χ0n) is 10.9. The Labute approximate surface area is 107 Å². The summed E-state index contributed by atoms with van der Waals surface area (Å²) < 4.78 is 20.0. The van der Waals surface area contributed by atoms with E-state index in [-0.39, 0.29) is 25.6 Å². The Kier molecular flexibility index (Phi) is 11.6. The molecule has 6 heteroatoms. The van der Waals surface area contributed by atoms with Crippen LogP contribution in [0.2, 0.25) is 0 Å². The summed E-state index contributed by atoms with van der Waals surface area (Å²) in [6.07, 6.45) is 0.809. The van der Waals surface area contributed by atoms with Gasteiger partial charge in [0.25, 0.3) is 0 Å². The van der Waals surface area contributed by atoms with E-state index >= 15 is 0 Å². The summed E-state index contributed by atoms with van der Waals surface area (Å²) in [5.41, 5.74) is 0. The second-order valence-corrected chi connectivity index (χ2v) is 3.36. The molecule has 0 saturated heterocycles. The number of rotatable bonds is 12. The van der Waals surface area contributed by atoms with Gasteiger partial charge in [-0.15, -0.1) is 0 Å². The predicted octanol–water partition coefficient (Wildman–Crippen LogP) is 0.495. The van der Waals surface area contributed by atoms with Gasteiger partial charge in [0, 0.05) is 0 Å². The summed E-state index contributed by atoms with van der Waals surface area (Å²) in [6, 6.07) is 0. The van der Waals surface area contributed by atoms with Crippen LogP contribution >= 0.6 is 0 Å². The fraction of sp³-hybridized carbons (Fsp3) is 0.750. The first-order valence-corrected chi connectivity index (χ1v) is 5.97. The van der Waals surface area contributed by atoms with Crippen molar-refractivity contribution in [2.45, 2.75) is 13.3 Å². The van der Waals surface area contributed by atoms with Crippen molar-refractivity contribution in [2.75, 3.05) is 46.2 Å². The molecule has 6 nitrogen and oxygen atoms in total. The molecule has 0 rings (SSSR count). The summed E-state index contributed by atoms with van der Waals surface area (Å²) in [5, 5.41) is 8.44. The number of ether oxygens (including phenoxy) is 4. The third-order valence-electron chi connectivity index (χ3n) is 1.78. The van der Waals surface area contributed by atoms with Crippen LogP contribution < -0.4 is 0 Å². The number of aliphatic hydroxyl groups is 1. The van der Waals surface area contributed by atoms with Crippen LogP contribution in [0.4, 0.5) is 0 Å². The van der Waals surface area contributed by atoms with Gasteiger partial charge >= 0.3 is 5.97 Å². The average Bonchev–Trinajstić information content (AvgIpc) is 2.38. The van der Waals surface area contributed by atoms with Gasteiger partial charge in [-0.3, -0.25) is 0 Å². The third kappa shape index (κ3) is 10.1. The maximum Gasteiger partial charge on any atom is 0.373 e. The second kappa shape index (κ2) is 12.3. The monoisotopic (exact) mass is 262 g/mol. The molecule has 0 aliphatic carbocycles. The Hall–Kier alpha value is -1.11. The van der Waals surface area contributed by atoms with Gasteiger partial charge in [-0.2, -0.15) is 0 Å². The molecule has 0 bridgehead atoms. The maximum atomic E-state index is 11.3. The van der Waals surface area contributed by atoms with Crippen LogP contribution in [0, 0.1) is 0 Å². The minimum atomic E-state index is -0.566. The molecule has 106 valence electrons. The van der Waals surface area contributed by atoms with Crippen molar-refractivity contribution < 1.29 is 28.8 Å². The Balaban J connectivity index is 3.32. The first-order chi connectivity index (χ1) is 8.72. The number of esters is 1. The Bertz CT molecular complexity index is 229. The van der Waals surface area contributed by atoms with Crippen LogP contribution in [0.5, 0.6) is 0 Å². The molecule has 0 aromatic carbocycles. The molecule has 0 aliphatic rings. The molecule has 0 radical (unpaired) electrons. The van der Waals surface area contributed by atoms with Crippen LogP contribution in [-0.4, -0.2) is 57.3 Å². The largest absolute Gasteiger partial charge is 0.487 e. The molecule has 0 unspecified atom stereocenters. The van der Waals surface area contributed by atoms with E-state index in [0.29, 0.717) is 26.4 Å². The van der Waals surface area contributed by atoms with Gasteiger partial charge < -0.3 is 24.1 Å². The molecule has 0 fully saturated rings. The summed E-state index contributed by atoms with van der Waals surface area (Å²) in [7, 11) is 0. The Morgan fingerprint density at radius 1 is 1.00 bits per heavy atom. The van der Waals surface area contributed by atoms with Crippen molar-refractivity contribution in [2.24, 2.45) is 0 Å². The molecule has 0 aromatic heterocycles. The standard InChI is InChI=1S/C12H22O6/c1-3-5-17-11(2)12(14)18-10-9-16-8-7-15-6-4-13/h13H,2-10H2,1H3. The fourth-order valence-corrected chi connectivity index (χ4v) is 0.944. The Morgan fingerprint density at radius 3 is 2.22 bits per heavy atom. The van der Waals surface area contributed by atoms with Gasteiger partial charge in [0.15, 0.2) is 5.76 Å². The topological polar surface area (TPSA) is 74.2 Å². The van der Waals surface area contributed by atoms with E-state index in [2.05, 4.69) is 6.58 Å². The number of carbonyl (C=O) groups is 1. The summed E-state index contributed by atoms with van der Waals surface area (Å²) in [6.45, 7) is 7.37. The molecule has 1 N–H and O–H groups in total. The first kappa shape index (κ1) is 16.9. The van der Waals surface area contributed by atoms with Crippen molar-refractivity contribution in [1.29, 1.82) is 0 Å². The van der Waals surface area contributed by atoms with Gasteiger partial charge in [0.2, 0.25) is 0 Å². The van der Waals surface area contributed by atoms with Gasteiger partial charge in [-0.05, 0) is 13.0 Å². The highest BCUT2D eigenvalue weighted by atomic mass is 16.6. The van der Waals surface area contributed by atoms with Crippen molar-refractivity contribution in [1.82, 2.24) is 0 Å². The lowest BCUT2D eigenvalue weighted by atomic mass is 10.5. The lowest BCUT2D eigenvalue weighted by Gasteiger charge is -2.08. The lowest BCUT2D eigenvalue weighted by molar-refractivity contribution is -0.144. The fourth-order valence-electron chi connectivity index (χ4n) is 0.944. The number of hydrogen-bond acceptors (Lipinski definition) is 6. The van der Waals surface area contributed by atoms with Gasteiger partial charge in [-0.25, -0.2) is 4.79 Å². The molecule has 0 aliphatic heterocycles. The lowest BCUT2D eigenvalue weighted by Crippen LogP contribution is -2.15. The van der Waals surface area contributed by atoms with E-state index in [1.165, 1.54) is 0 Å². The first-order valence-electron chi connectivity index (χ1n) is 5.97. The van der Waals surface area contributed by atoms with Crippen LogP contribution in [0.1, 0.15) is 13.3 Å². The van der Waals surface area contributed by atoms with Crippen molar-refractivity contribution in [3.05, 3.63) is 12.3 Å².